The van der Waals surface area contributed by atoms with Crippen molar-refractivity contribution in [1.29, 1.82) is 0 Å². The smallest absolute Gasteiger partial charge is 0.254 e. The summed E-state index contributed by atoms with van der Waals surface area (Å²) in [7, 11) is 0. The predicted molar refractivity (Wildman–Crippen MR) is 97.5 cm³/mol. The molecular formula is C21H21FN2O2. The number of hydrogen-bond donors (Lipinski definition) is 0. The molecule has 1 aliphatic heterocycles. The van der Waals surface area contributed by atoms with Crippen LogP contribution in [0.4, 0.5) is 10.1 Å². The number of fused-ring (bicyclic) bond motifs is 1. The van der Waals surface area contributed by atoms with Gasteiger partial charge in [0.05, 0.1) is 0 Å². The van der Waals surface area contributed by atoms with Crippen molar-refractivity contribution in [1.82, 2.24) is 4.90 Å². The summed E-state index contributed by atoms with van der Waals surface area (Å²) in [5, 5.41) is 0. The molecule has 134 valence electrons. The summed E-state index contributed by atoms with van der Waals surface area (Å²) in [4.78, 5) is 28.4. The van der Waals surface area contributed by atoms with Crippen molar-refractivity contribution in [3.8, 4) is 0 Å². The van der Waals surface area contributed by atoms with Crippen LogP contribution in [-0.2, 0) is 17.8 Å². The Morgan fingerprint density at radius 3 is 2.54 bits per heavy atom. The number of carbonyl (C=O) groups excluding carboxylic acids is 2. The van der Waals surface area contributed by atoms with Gasteiger partial charge in [0.1, 0.15) is 5.82 Å². The van der Waals surface area contributed by atoms with E-state index >= 15 is 0 Å². The fourth-order valence-corrected chi connectivity index (χ4v) is 3.57. The summed E-state index contributed by atoms with van der Waals surface area (Å²) in [6, 6.07) is 12.2. The second kappa shape index (κ2) is 6.56. The van der Waals surface area contributed by atoms with Crippen molar-refractivity contribution in [3.63, 3.8) is 0 Å². The first kappa shape index (κ1) is 16.8. The number of halogens is 1. The average Bonchev–Trinajstić information content (AvgIpc) is 3.38. The highest BCUT2D eigenvalue weighted by Gasteiger charge is 2.33. The third kappa shape index (κ3) is 3.21. The van der Waals surface area contributed by atoms with Crippen molar-refractivity contribution in [2.75, 3.05) is 11.4 Å². The lowest BCUT2D eigenvalue weighted by Crippen LogP contribution is -2.32. The molecule has 0 saturated heterocycles. The lowest BCUT2D eigenvalue weighted by atomic mass is 10.1. The van der Waals surface area contributed by atoms with Crippen LogP contribution in [0.2, 0.25) is 0 Å². The van der Waals surface area contributed by atoms with Crippen LogP contribution in [0.1, 0.15) is 41.3 Å². The van der Waals surface area contributed by atoms with Gasteiger partial charge in [-0.15, -0.1) is 0 Å². The molecule has 2 amide bonds. The Morgan fingerprint density at radius 1 is 1.15 bits per heavy atom. The summed E-state index contributed by atoms with van der Waals surface area (Å²) in [6.45, 7) is 2.72. The second-order valence-electron chi connectivity index (χ2n) is 7.05. The van der Waals surface area contributed by atoms with Gasteiger partial charge in [0.2, 0.25) is 5.91 Å². The van der Waals surface area contributed by atoms with E-state index in [0.717, 1.165) is 36.1 Å². The molecule has 2 aromatic rings. The average molecular weight is 352 g/mol. The Labute approximate surface area is 152 Å². The third-order valence-corrected chi connectivity index (χ3v) is 5.12. The number of carbonyl (C=O) groups is 2. The minimum atomic E-state index is -0.272. The third-order valence-electron chi connectivity index (χ3n) is 5.12. The van der Waals surface area contributed by atoms with Crippen LogP contribution in [0, 0.1) is 5.82 Å². The van der Waals surface area contributed by atoms with Crippen molar-refractivity contribution >= 4 is 17.5 Å². The fraction of sp³-hybridized carbons (Fsp3) is 0.333. The molecule has 1 saturated carbocycles. The Kier molecular flexibility index (Phi) is 4.23. The van der Waals surface area contributed by atoms with Crippen LogP contribution in [-0.4, -0.2) is 29.3 Å². The molecule has 0 aromatic heterocycles. The lowest BCUT2D eigenvalue weighted by molar-refractivity contribution is -0.116. The summed E-state index contributed by atoms with van der Waals surface area (Å²) >= 11 is 0. The highest BCUT2D eigenvalue weighted by atomic mass is 19.1. The normalized spacial score (nSPS) is 15.7. The topological polar surface area (TPSA) is 40.6 Å². The summed E-state index contributed by atoms with van der Waals surface area (Å²) < 4.78 is 13.1. The van der Waals surface area contributed by atoms with Gasteiger partial charge in [-0.1, -0.05) is 12.1 Å². The lowest BCUT2D eigenvalue weighted by Gasteiger charge is -2.23. The van der Waals surface area contributed by atoms with E-state index in [1.165, 1.54) is 12.1 Å². The van der Waals surface area contributed by atoms with E-state index in [1.54, 1.807) is 24.0 Å². The molecule has 0 unspecified atom stereocenters. The van der Waals surface area contributed by atoms with Gasteiger partial charge in [0.15, 0.2) is 0 Å². The molecule has 4 nitrogen and oxygen atoms in total. The minimum Gasteiger partial charge on any atom is -0.331 e. The molecule has 0 bridgehead atoms. The summed E-state index contributed by atoms with van der Waals surface area (Å²) in [5.41, 5.74) is 3.54. The van der Waals surface area contributed by atoms with Gasteiger partial charge in [0.25, 0.3) is 5.91 Å². The second-order valence-corrected chi connectivity index (χ2v) is 7.05. The standard InChI is InChI=1S/C21H21FN2O2/c1-14(25)23-11-10-16-12-17(4-9-20(16)23)21(26)24(19-7-8-19)13-15-2-5-18(22)6-3-15/h2-6,9,12,19H,7-8,10-11,13H2,1H3. The van der Waals surface area contributed by atoms with Crippen LogP contribution >= 0.6 is 0 Å². The van der Waals surface area contributed by atoms with Gasteiger partial charge in [-0.25, -0.2) is 4.39 Å². The predicted octanol–water partition coefficient (Wildman–Crippen LogP) is 3.54. The van der Waals surface area contributed by atoms with Crippen LogP contribution in [0.3, 0.4) is 0 Å². The van der Waals surface area contributed by atoms with Crippen molar-refractivity contribution in [2.24, 2.45) is 0 Å². The van der Waals surface area contributed by atoms with Crippen molar-refractivity contribution in [3.05, 3.63) is 65.0 Å². The molecule has 26 heavy (non-hydrogen) atoms. The molecule has 0 atom stereocenters. The molecule has 1 fully saturated rings. The molecule has 0 spiro atoms. The van der Waals surface area contributed by atoms with E-state index in [2.05, 4.69) is 0 Å². The Balaban J connectivity index is 1.57. The first-order valence-corrected chi connectivity index (χ1v) is 8.99. The molecule has 0 N–H and O–H groups in total. The molecule has 2 aliphatic rings. The van der Waals surface area contributed by atoms with Crippen LogP contribution < -0.4 is 4.90 Å². The van der Waals surface area contributed by atoms with Crippen molar-refractivity contribution in [2.45, 2.75) is 38.8 Å². The number of rotatable bonds is 4. The zero-order valence-electron chi connectivity index (χ0n) is 14.7. The monoisotopic (exact) mass is 352 g/mol. The van der Waals surface area contributed by atoms with Gasteiger partial charge in [-0.2, -0.15) is 0 Å². The molecule has 0 radical (unpaired) electrons. The number of hydrogen-bond acceptors (Lipinski definition) is 2. The fourth-order valence-electron chi connectivity index (χ4n) is 3.57. The number of amides is 2. The van der Waals surface area contributed by atoms with Gasteiger partial charge >= 0.3 is 0 Å². The molecule has 4 rings (SSSR count). The van der Waals surface area contributed by atoms with Gasteiger partial charge in [-0.3, -0.25) is 9.59 Å². The van der Waals surface area contributed by atoms with Crippen LogP contribution in [0.15, 0.2) is 42.5 Å². The van der Waals surface area contributed by atoms with Crippen LogP contribution in [0.25, 0.3) is 0 Å². The zero-order chi connectivity index (χ0) is 18.3. The van der Waals surface area contributed by atoms with Gasteiger partial charge < -0.3 is 9.80 Å². The SMILES string of the molecule is CC(=O)N1CCc2cc(C(=O)N(Cc3ccc(F)cc3)C3CC3)ccc21. The Bertz CT molecular complexity index is 859. The first-order chi connectivity index (χ1) is 12.5. The minimum absolute atomic E-state index is 0.000833. The highest BCUT2D eigenvalue weighted by molar-refractivity contribution is 5.98. The maximum absolute atomic E-state index is 13.1. The molecule has 1 aliphatic carbocycles. The van der Waals surface area contributed by atoms with E-state index in [0.29, 0.717) is 18.7 Å². The van der Waals surface area contributed by atoms with Crippen molar-refractivity contribution < 1.29 is 14.0 Å². The van der Waals surface area contributed by atoms with E-state index < -0.39 is 0 Å². The Hall–Kier alpha value is -2.69. The van der Waals surface area contributed by atoms with E-state index in [-0.39, 0.29) is 23.7 Å². The molecule has 5 heteroatoms. The first-order valence-electron chi connectivity index (χ1n) is 8.99. The zero-order valence-corrected chi connectivity index (χ0v) is 14.7. The molecular weight excluding hydrogens is 331 g/mol. The molecule has 2 aromatic carbocycles. The van der Waals surface area contributed by atoms with E-state index in [1.807, 2.05) is 23.1 Å². The number of anilines is 1. The largest absolute Gasteiger partial charge is 0.331 e. The summed E-state index contributed by atoms with van der Waals surface area (Å²) in [5.74, 6) is -0.244. The van der Waals surface area contributed by atoms with E-state index in [4.69, 9.17) is 0 Å². The summed E-state index contributed by atoms with van der Waals surface area (Å²) in [6.07, 6.45) is 2.80. The van der Waals surface area contributed by atoms with Gasteiger partial charge in [0, 0.05) is 37.3 Å². The molecule has 1 heterocycles. The highest BCUT2D eigenvalue weighted by Crippen LogP contribution is 2.32. The maximum atomic E-state index is 13.1. The maximum Gasteiger partial charge on any atom is 0.254 e. The number of nitrogens with zero attached hydrogens (tertiary/aromatic N) is 2. The van der Waals surface area contributed by atoms with E-state index in [9.17, 15) is 14.0 Å². The number of benzene rings is 2. The quantitative estimate of drug-likeness (QED) is 0.844. The van der Waals surface area contributed by atoms with Gasteiger partial charge in [-0.05, 0) is 60.7 Å². The van der Waals surface area contributed by atoms with Crippen LogP contribution in [0.5, 0.6) is 0 Å². The Morgan fingerprint density at radius 2 is 1.88 bits per heavy atom.